The molecule has 0 aliphatic carbocycles. The van der Waals surface area contributed by atoms with Crippen molar-refractivity contribution in [3.05, 3.63) is 12.2 Å². The first kappa shape index (κ1) is 16.2. The Morgan fingerprint density at radius 1 is 1.48 bits per heavy atom. The number of hydrogen-bond donors (Lipinski definition) is 0. The average Bonchev–Trinajstić information content (AvgIpc) is 2.91. The molecule has 0 amide bonds. The van der Waals surface area contributed by atoms with E-state index in [0.29, 0.717) is 26.2 Å². The van der Waals surface area contributed by atoms with Gasteiger partial charge in [-0.1, -0.05) is 0 Å². The zero-order valence-electron chi connectivity index (χ0n) is 11.8. The SMILES string of the molecule is CCn1cnnc1[C@@H]1CN(CCOCC(F)(F)F)CCO1. The van der Waals surface area contributed by atoms with Gasteiger partial charge in [0.1, 0.15) is 19.0 Å². The van der Waals surface area contributed by atoms with Crippen LogP contribution >= 0.6 is 0 Å². The molecular formula is C12H19F3N4O2. The van der Waals surface area contributed by atoms with Crippen LogP contribution in [0.5, 0.6) is 0 Å². The molecule has 1 atom stereocenters. The van der Waals surface area contributed by atoms with Crippen LogP contribution in [-0.2, 0) is 16.0 Å². The van der Waals surface area contributed by atoms with Crippen LogP contribution in [0.1, 0.15) is 18.9 Å². The predicted molar refractivity (Wildman–Crippen MR) is 67.7 cm³/mol. The number of nitrogens with zero attached hydrogens (tertiary/aromatic N) is 4. The molecule has 6 nitrogen and oxygen atoms in total. The number of aromatic nitrogens is 3. The molecule has 0 aromatic carbocycles. The average molecular weight is 308 g/mol. The molecule has 9 heteroatoms. The second-order valence-corrected chi connectivity index (χ2v) is 4.80. The molecule has 0 radical (unpaired) electrons. The Morgan fingerprint density at radius 3 is 3.00 bits per heavy atom. The van der Waals surface area contributed by atoms with Gasteiger partial charge in [0.15, 0.2) is 5.82 Å². The highest BCUT2D eigenvalue weighted by Gasteiger charge is 2.28. The standard InChI is InChI=1S/C12H19F3N4O2/c1-2-19-9-16-17-11(19)10-7-18(4-6-21-10)3-5-20-8-12(13,14)15/h9-10H,2-8H2,1H3/t10-/m0/s1. The number of rotatable bonds is 6. The van der Waals surface area contributed by atoms with Crippen LogP contribution in [0.2, 0.25) is 0 Å². The van der Waals surface area contributed by atoms with Crippen LogP contribution in [0.3, 0.4) is 0 Å². The first-order valence-corrected chi connectivity index (χ1v) is 6.85. The van der Waals surface area contributed by atoms with E-state index >= 15 is 0 Å². The van der Waals surface area contributed by atoms with E-state index in [0.717, 1.165) is 12.4 Å². The summed E-state index contributed by atoms with van der Waals surface area (Å²) in [7, 11) is 0. The molecule has 2 heterocycles. The Bertz CT molecular complexity index is 438. The number of aryl methyl sites for hydroxylation is 1. The fourth-order valence-electron chi connectivity index (χ4n) is 2.20. The monoisotopic (exact) mass is 308 g/mol. The van der Waals surface area contributed by atoms with Gasteiger partial charge in [0.05, 0.1) is 13.2 Å². The number of morpholine rings is 1. The van der Waals surface area contributed by atoms with Gasteiger partial charge in [-0.25, -0.2) is 0 Å². The lowest BCUT2D eigenvalue weighted by molar-refractivity contribution is -0.175. The lowest BCUT2D eigenvalue weighted by Crippen LogP contribution is -2.41. The minimum Gasteiger partial charge on any atom is -0.371 e. The predicted octanol–water partition coefficient (Wildman–Crippen LogP) is 1.25. The van der Waals surface area contributed by atoms with Crippen molar-refractivity contribution in [3.8, 4) is 0 Å². The normalized spacial score (nSPS) is 20.9. The molecule has 21 heavy (non-hydrogen) atoms. The van der Waals surface area contributed by atoms with Gasteiger partial charge in [0.2, 0.25) is 0 Å². The molecule has 1 saturated heterocycles. The molecule has 1 aromatic heterocycles. The minimum atomic E-state index is -4.27. The van der Waals surface area contributed by atoms with Gasteiger partial charge < -0.3 is 14.0 Å². The Labute approximate surface area is 120 Å². The second-order valence-electron chi connectivity index (χ2n) is 4.80. The lowest BCUT2D eigenvalue weighted by atomic mass is 10.2. The third kappa shape index (κ3) is 4.94. The molecule has 1 fully saturated rings. The lowest BCUT2D eigenvalue weighted by Gasteiger charge is -2.32. The summed E-state index contributed by atoms with van der Waals surface area (Å²) >= 11 is 0. The van der Waals surface area contributed by atoms with Crippen LogP contribution in [-0.4, -0.2) is 65.3 Å². The Hall–Kier alpha value is -1.19. The van der Waals surface area contributed by atoms with E-state index in [-0.39, 0.29) is 12.7 Å². The molecule has 2 rings (SSSR count). The highest BCUT2D eigenvalue weighted by Crippen LogP contribution is 2.20. The van der Waals surface area contributed by atoms with Gasteiger partial charge in [-0.2, -0.15) is 13.2 Å². The summed E-state index contributed by atoms with van der Waals surface area (Å²) < 4.78 is 48.1. The summed E-state index contributed by atoms with van der Waals surface area (Å²) in [6.45, 7) is 3.78. The summed E-state index contributed by atoms with van der Waals surface area (Å²) in [4.78, 5) is 2.01. The zero-order chi connectivity index (χ0) is 15.3. The zero-order valence-corrected chi connectivity index (χ0v) is 11.8. The fraction of sp³-hybridized carbons (Fsp3) is 0.833. The summed E-state index contributed by atoms with van der Waals surface area (Å²) in [5, 5.41) is 7.92. The van der Waals surface area contributed by atoms with Crippen molar-refractivity contribution in [2.75, 3.05) is 39.5 Å². The highest BCUT2D eigenvalue weighted by molar-refractivity contribution is 4.94. The number of halogens is 3. The van der Waals surface area contributed by atoms with Crippen molar-refractivity contribution < 1.29 is 22.6 Å². The molecule has 120 valence electrons. The van der Waals surface area contributed by atoms with E-state index in [9.17, 15) is 13.2 Å². The Balaban J connectivity index is 1.78. The van der Waals surface area contributed by atoms with Crippen LogP contribution in [0.4, 0.5) is 13.2 Å². The Morgan fingerprint density at radius 2 is 2.29 bits per heavy atom. The van der Waals surface area contributed by atoms with Crippen LogP contribution in [0.25, 0.3) is 0 Å². The van der Waals surface area contributed by atoms with E-state index in [2.05, 4.69) is 14.9 Å². The van der Waals surface area contributed by atoms with E-state index in [1.54, 1.807) is 6.33 Å². The van der Waals surface area contributed by atoms with Gasteiger partial charge in [0, 0.05) is 26.2 Å². The van der Waals surface area contributed by atoms with Crippen molar-refractivity contribution in [1.29, 1.82) is 0 Å². The number of alkyl halides is 3. The highest BCUT2D eigenvalue weighted by atomic mass is 19.4. The van der Waals surface area contributed by atoms with Crippen molar-refractivity contribution >= 4 is 0 Å². The molecule has 0 saturated carbocycles. The smallest absolute Gasteiger partial charge is 0.371 e. The van der Waals surface area contributed by atoms with E-state index in [4.69, 9.17) is 4.74 Å². The van der Waals surface area contributed by atoms with Gasteiger partial charge in [-0.05, 0) is 6.92 Å². The maximum atomic E-state index is 12.0. The number of ether oxygens (including phenoxy) is 2. The van der Waals surface area contributed by atoms with E-state index in [1.807, 2.05) is 16.4 Å². The molecule has 0 N–H and O–H groups in total. The van der Waals surface area contributed by atoms with Crippen molar-refractivity contribution in [2.24, 2.45) is 0 Å². The molecule has 0 spiro atoms. The van der Waals surface area contributed by atoms with Crippen molar-refractivity contribution in [1.82, 2.24) is 19.7 Å². The van der Waals surface area contributed by atoms with E-state index < -0.39 is 12.8 Å². The maximum Gasteiger partial charge on any atom is 0.411 e. The summed E-state index contributed by atoms with van der Waals surface area (Å²) in [5.74, 6) is 0.749. The molecular weight excluding hydrogens is 289 g/mol. The quantitative estimate of drug-likeness (QED) is 0.740. The van der Waals surface area contributed by atoms with Crippen LogP contribution in [0.15, 0.2) is 6.33 Å². The first-order valence-electron chi connectivity index (χ1n) is 6.85. The summed E-state index contributed by atoms with van der Waals surface area (Å²) in [6.07, 6.45) is -2.83. The third-order valence-corrected chi connectivity index (χ3v) is 3.24. The fourth-order valence-corrected chi connectivity index (χ4v) is 2.20. The van der Waals surface area contributed by atoms with Gasteiger partial charge >= 0.3 is 6.18 Å². The topological polar surface area (TPSA) is 52.4 Å². The minimum absolute atomic E-state index is 0.0483. The van der Waals surface area contributed by atoms with Gasteiger partial charge in [-0.3, -0.25) is 4.90 Å². The second kappa shape index (κ2) is 7.19. The van der Waals surface area contributed by atoms with E-state index in [1.165, 1.54) is 0 Å². The molecule has 0 unspecified atom stereocenters. The molecule has 1 aliphatic heterocycles. The first-order chi connectivity index (χ1) is 9.99. The molecule has 1 aromatic rings. The van der Waals surface area contributed by atoms with Crippen LogP contribution < -0.4 is 0 Å². The number of hydrogen-bond acceptors (Lipinski definition) is 5. The maximum absolute atomic E-state index is 12.0. The van der Waals surface area contributed by atoms with Crippen LogP contribution in [0, 0.1) is 0 Å². The summed E-state index contributed by atoms with van der Waals surface area (Å²) in [6, 6.07) is 0. The molecule has 1 aliphatic rings. The third-order valence-electron chi connectivity index (χ3n) is 3.24. The van der Waals surface area contributed by atoms with Gasteiger partial charge in [0.25, 0.3) is 0 Å². The Kier molecular flexibility index (Phi) is 5.54. The largest absolute Gasteiger partial charge is 0.411 e. The summed E-state index contributed by atoms with van der Waals surface area (Å²) in [5.41, 5.74) is 0. The van der Waals surface area contributed by atoms with Gasteiger partial charge in [-0.15, -0.1) is 10.2 Å². The molecule has 0 bridgehead atoms. The van der Waals surface area contributed by atoms with Crippen molar-refractivity contribution in [3.63, 3.8) is 0 Å². The van der Waals surface area contributed by atoms with Crippen molar-refractivity contribution in [2.45, 2.75) is 25.7 Å².